The van der Waals surface area contributed by atoms with Crippen LogP contribution in [0.15, 0.2) is 58.9 Å². The van der Waals surface area contributed by atoms with Crippen LogP contribution in [0.25, 0.3) is 11.1 Å². The maximum atomic E-state index is 12.7. The fourth-order valence-electron chi connectivity index (χ4n) is 2.49. The third-order valence-corrected chi connectivity index (χ3v) is 5.97. The molecule has 0 saturated heterocycles. The highest BCUT2D eigenvalue weighted by atomic mass is 32.2. The highest BCUT2D eigenvalue weighted by Crippen LogP contribution is 2.31. The highest BCUT2D eigenvalue weighted by molar-refractivity contribution is 8.02. The Morgan fingerprint density at radius 1 is 1.14 bits per heavy atom. The molecule has 0 fully saturated rings. The predicted molar refractivity (Wildman–Crippen MR) is 116 cm³/mol. The average Bonchev–Trinajstić information content (AvgIpc) is 3.16. The zero-order chi connectivity index (χ0) is 19.8. The molecular formula is C20H22N4O2S2. The summed E-state index contributed by atoms with van der Waals surface area (Å²) >= 11 is 2.82. The Balaban J connectivity index is 1.62. The first kappa shape index (κ1) is 20.3. The van der Waals surface area contributed by atoms with Gasteiger partial charge in [0.2, 0.25) is 11.0 Å². The third-order valence-electron chi connectivity index (χ3n) is 3.91. The molecule has 1 amide bonds. The van der Waals surface area contributed by atoms with Gasteiger partial charge in [-0.25, -0.2) is 0 Å². The van der Waals surface area contributed by atoms with E-state index in [0.29, 0.717) is 13.2 Å². The molecule has 146 valence electrons. The monoisotopic (exact) mass is 414 g/mol. The smallest absolute Gasteiger partial charge is 0.237 e. The Labute approximate surface area is 172 Å². The van der Waals surface area contributed by atoms with Crippen LogP contribution in [0.3, 0.4) is 0 Å². The van der Waals surface area contributed by atoms with E-state index in [1.807, 2.05) is 61.5 Å². The lowest BCUT2D eigenvalue weighted by molar-refractivity contribution is -0.115. The van der Waals surface area contributed by atoms with Crippen molar-refractivity contribution in [3.63, 3.8) is 0 Å². The lowest BCUT2D eigenvalue weighted by Crippen LogP contribution is -2.22. The van der Waals surface area contributed by atoms with Crippen LogP contribution in [-0.4, -0.2) is 41.6 Å². The number of amides is 1. The van der Waals surface area contributed by atoms with E-state index < -0.39 is 0 Å². The molecule has 0 aliphatic carbocycles. The van der Waals surface area contributed by atoms with Crippen LogP contribution in [0.5, 0.6) is 0 Å². The van der Waals surface area contributed by atoms with Crippen LogP contribution in [0.4, 0.5) is 10.8 Å². The summed E-state index contributed by atoms with van der Waals surface area (Å²) in [6.45, 7) is 3.13. The molecule has 1 heterocycles. The van der Waals surface area contributed by atoms with E-state index in [-0.39, 0.29) is 11.2 Å². The van der Waals surface area contributed by atoms with Crippen molar-refractivity contribution in [2.75, 3.05) is 30.9 Å². The molecule has 0 saturated carbocycles. The van der Waals surface area contributed by atoms with Gasteiger partial charge in [-0.15, -0.1) is 10.2 Å². The normalized spacial score (nSPS) is 11.8. The van der Waals surface area contributed by atoms with Gasteiger partial charge in [0.05, 0.1) is 11.9 Å². The van der Waals surface area contributed by atoms with Crippen LogP contribution < -0.4 is 10.6 Å². The van der Waals surface area contributed by atoms with Crippen molar-refractivity contribution in [2.45, 2.75) is 16.5 Å². The standard InChI is InChI=1S/C20H22N4O2S2/c1-14(27-20-24-23-19(28-20)21-12-13-26-2)18(25)22-17-11-7-6-10-16(17)15-8-4-3-5-9-15/h3-11,14H,12-13H2,1-2H3,(H,21,23)(H,22,25)/t14-/m1/s1. The number of aromatic nitrogens is 2. The highest BCUT2D eigenvalue weighted by Gasteiger charge is 2.18. The molecule has 6 nitrogen and oxygen atoms in total. The fraction of sp³-hybridized carbons (Fsp3) is 0.250. The summed E-state index contributed by atoms with van der Waals surface area (Å²) in [4.78, 5) is 12.7. The van der Waals surface area contributed by atoms with E-state index in [0.717, 1.165) is 26.3 Å². The van der Waals surface area contributed by atoms with Gasteiger partial charge < -0.3 is 15.4 Å². The second kappa shape index (κ2) is 10.2. The minimum Gasteiger partial charge on any atom is -0.383 e. The Morgan fingerprint density at radius 2 is 1.89 bits per heavy atom. The van der Waals surface area contributed by atoms with Gasteiger partial charge in [0.1, 0.15) is 0 Å². The second-order valence-electron chi connectivity index (χ2n) is 5.95. The number of nitrogens with zero attached hydrogens (tertiary/aromatic N) is 2. The molecule has 0 radical (unpaired) electrons. The second-order valence-corrected chi connectivity index (χ2v) is 8.52. The molecule has 3 aromatic rings. The molecule has 1 atom stereocenters. The van der Waals surface area contributed by atoms with Crippen molar-refractivity contribution in [1.29, 1.82) is 0 Å². The molecule has 2 aromatic carbocycles. The Hall–Kier alpha value is -2.42. The largest absolute Gasteiger partial charge is 0.383 e. The summed E-state index contributed by atoms with van der Waals surface area (Å²) < 4.78 is 5.75. The minimum atomic E-state index is -0.302. The molecule has 0 unspecified atom stereocenters. The molecule has 28 heavy (non-hydrogen) atoms. The molecular weight excluding hydrogens is 392 g/mol. The number of benzene rings is 2. The quantitative estimate of drug-likeness (QED) is 0.400. The van der Waals surface area contributed by atoms with Crippen LogP contribution in [0.1, 0.15) is 6.92 Å². The summed E-state index contributed by atoms with van der Waals surface area (Å²) in [6, 6.07) is 17.8. The van der Waals surface area contributed by atoms with Gasteiger partial charge in [0, 0.05) is 24.9 Å². The summed E-state index contributed by atoms with van der Waals surface area (Å²) in [7, 11) is 1.65. The number of carbonyl (C=O) groups is 1. The molecule has 1 aromatic heterocycles. The van der Waals surface area contributed by atoms with Crippen LogP contribution in [0, 0.1) is 0 Å². The summed E-state index contributed by atoms with van der Waals surface area (Å²) in [5, 5.41) is 14.8. The number of anilines is 2. The molecule has 8 heteroatoms. The van der Waals surface area contributed by atoms with Crippen LogP contribution in [0.2, 0.25) is 0 Å². The topological polar surface area (TPSA) is 76.1 Å². The Morgan fingerprint density at radius 3 is 2.68 bits per heavy atom. The van der Waals surface area contributed by atoms with Crippen LogP contribution >= 0.6 is 23.1 Å². The van der Waals surface area contributed by atoms with Crippen LogP contribution in [-0.2, 0) is 9.53 Å². The first-order valence-electron chi connectivity index (χ1n) is 8.85. The number of para-hydroxylation sites is 1. The zero-order valence-electron chi connectivity index (χ0n) is 15.7. The molecule has 0 aliphatic heterocycles. The van der Waals surface area contributed by atoms with E-state index >= 15 is 0 Å². The molecule has 2 N–H and O–H groups in total. The fourth-order valence-corrected chi connectivity index (χ4v) is 4.41. The number of thioether (sulfide) groups is 1. The average molecular weight is 415 g/mol. The first-order chi connectivity index (χ1) is 13.7. The SMILES string of the molecule is COCCNc1nnc(S[C@H](C)C(=O)Nc2ccccc2-c2ccccc2)s1. The zero-order valence-corrected chi connectivity index (χ0v) is 17.3. The van der Waals surface area contributed by atoms with E-state index in [4.69, 9.17) is 4.74 Å². The summed E-state index contributed by atoms with van der Waals surface area (Å²) in [5.74, 6) is -0.0718. The van der Waals surface area contributed by atoms with Gasteiger partial charge in [-0.1, -0.05) is 71.6 Å². The molecule has 0 aliphatic rings. The maximum absolute atomic E-state index is 12.7. The van der Waals surface area contributed by atoms with E-state index in [1.165, 1.54) is 23.1 Å². The van der Waals surface area contributed by atoms with Crippen molar-refractivity contribution in [3.8, 4) is 11.1 Å². The Kier molecular flexibility index (Phi) is 7.41. The molecule has 0 spiro atoms. The first-order valence-corrected chi connectivity index (χ1v) is 10.6. The van der Waals surface area contributed by atoms with Gasteiger partial charge in [-0.2, -0.15) is 0 Å². The predicted octanol–water partition coefficient (Wildman–Crippen LogP) is 4.38. The lowest BCUT2D eigenvalue weighted by Gasteiger charge is -2.14. The number of carbonyl (C=O) groups excluding carboxylic acids is 1. The molecule has 0 bridgehead atoms. The van der Waals surface area contributed by atoms with Crippen molar-refractivity contribution < 1.29 is 9.53 Å². The summed E-state index contributed by atoms with van der Waals surface area (Å²) in [6.07, 6.45) is 0. The van der Waals surface area contributed by atoms with Crippen molar-refractivity contribution in [3.05, 3.63) is 54.6 Å². The van der Waals surface area contributed by atoms with Gasteiger partial charge in [-0.3, -0.25) is 4.79 Å². The lowest BCUT2D eigenvalue weighted by atomic mass is 10.0. The Bertz CT molecular complexity index is 902. The van der Waals surface area contributed by atoms with Gasteiger partial charge in [0.15, 0.2) is 4.34 Å². The van der Waals surface area contributed by atoms with Crippen molar-refractivity contribution >= 4 is 39.8 Å². The summed E-state index contributed by atoms with van der Waals surface area (Å²) in [5.41, 5.74) is 2.86. The number of hydrogen-bond acceptors (Lipinski definition) is 7. The maximum Gasteiger partial charge on any atom is 0.237 e. The molecule has 3 rings (SSSR count). The van der Waals surface area contributed by atoms with E-state index in [9.17, 15) is 4.79 Å². The van der Waals surface area contributed by atoms with Gasteiger partial charge in [-0.05, 0) is 18.6 Å². The van der Waals surface area contributed by atoms with Crippen molar-refractivity contribution in [2.24, 2.45) is 0 Å². The number of nitrogens with one attached hydrogen (secondary N) is 2. The third kappa shape index (κ3) is 5.54. The van der Waals surface area contributed by atoms with Gasteiger partial charge >= 0.3 is 0 Å². The minimum absolute atomic E-state index is 0.0718. The number of rotatable bonds is 9. The number of ether oxygens (including phenoxy) is 1. The van der Waals surface area contributed by atoms with Crippen molar-refractivity contribution in [1.82, 2.24) is 10.2 Å². The number of hydrogen-bond donors (Lipinski definition) is 2. The van der Waals surface area contributed by atoms with E-state index in [1.54, 1.807) is 7.11 Å². The van der Waals surface area contributed by atoms with Gasteiger partial charge in [0.25, 0.3) is 0 Å². The van der Waals surface area contributed by atoms with E-state index in [2.05, 4.69) is 20.8 Å². The number of methoxy groups -OCH3 is 1.